The number of halogens is 4. The molecule has 9 nitrogen and oxygen atoms in total. The van der Waals surface area contributed by atoms with Gasteiger partial charge in [0, 0.05) is 23.9 Å². The predicted octanol–water partition coefficient (Wildman–Crippen LogP) is 4.06. The van der Waals surface area contributed by atoms with Crippen molar-refractivity contribution in [1.82, 2.24) is 15.5 Å². The van der Waals surface area contributed by atoms with Crippen LogP contribution in [0.15, 0.2) is 54.2 Å². The van der Waals surface area contributed by atoms with E-state index in [0.717, 1.165) is 23.1 Å². The number of carbonyl (C=O) groups excluding carboxylic acids is 5. The van der Waals surface area contributed by atoms with Gasteiger partial charge in [0.25, 0.3) is 5.91 Å². The summed E-state index contributed by atoms with van der Waals surface area (Å²) in [5.41, 5.74) is 0.0379. The largest absolute Gasteiger partial charge is 0.417 e. The number of amides is 5. The molecule has 3 N–H and O–H groups in total. The molecule has 5 amide bonds. The van der Waals surface area contributed by atoms with E-state index in [0.29, 0.717) is 22.5 Å². The fourth-order valence-corrected chi connectivity index (χ4v) is 4.59. The smallest absolute Gasteiger partial charge is 0.359 e. The van der Waals surface area contributed by atoms with Crippen molar-refractivity contribution in [3.63, 3.8) is 0 Å². The van der Waals surface area contributed by atoms with Gasteiger partial charge in [0.2, 0.25) is 24.1 Å². The van der Waals surface area contributed by atoms with Crippen molar-refractivity contribution in [2.45, 2.75) is 57.8 Å². The maximum atomic E-state index is 13.0. The number of imide groups is 2. The molecule has 0 aliphatic carbocycles. The van der Waals surface area contributed by atoms with Gasteiger partial charge in [-0.25, -0.2) is 0 Å². The van der Waals surface area contributed by atoms with E-state index in [-0.39, 0.29) is 25.7 Å². The van der Waals surface area contributed by atoms with Gasteiger partial charge in [0.15, 0.2) is 0 Å². The second-order valence-corrected chi connectivity index (χ2v) is 10.4. The van der Waals surface area contributed by atoms with Gasteiger partial charge in [-0.05, 0) is 62.6 Å². The van der Waals surface area contributed by atoms with Gasteiger partial charge in [-0.2, -0.15) is 13.2 Å². The third-order valence-corrected chi connectivity index (χ3v) is 6.65. The SMILES string of the molecule is C/C(=C\C(=O)N(C=O)C1CCC(=O)NC1=O)Nc1cccc(C(C)(C)NC(=O)Cc2ccc(C(F)(F)F)c(Cl)c2)c1. The van der Waals surface area contributed by atoms with Crippen molar-refractivity contribution in [1.29, 1.82) is 0 Å². The van der Waals surface area contributed by atoms with Crippen molar-refractivity contribution in [2.75, 3.05) is 5.32 Å². The first-order chi connectivity index (χ1) is 19.1. The third kappa shape index (κ3) is 8.16. The van der Waals surface area contributed by atoms with Crippen LogP contribution >= 0.6 is 11.6 Å². The van der Waals surface area contributed by atoms with Crippen molar-refractivity contribution >= 4 is 47.3 Å². The Morgan fingerprint density at radius 2 is 1.85 bits per heavy atom. The molecule has 218 valence electrons. The van der Waals surface area contributed by atoms with Crippen LogP contribution in [0.3, 0.4) is 0 Å². The van der Waals surface area contributed by atoms with Gasteiger partial charge < -0.3 is 10.6 Å². The molecular weight excluding hydrogens is 565 g/mol. The lowest BCUT2D eigenvalue weighted by Crippen LogP contribution is -2.53. The molecule has 3 rings (SSSR count). The average molecular weight is 593 g/mol. The van der Waals surface area contributed by atoms with Crippen LogP contribution in [0.4, 0.5) is 18.9 Å². The van der Waals surface area contributed by atoms with Crippen LogP contribution < -0.4 is 16.0 Å². The molecule has 1 aliphatic rings. The lowest BCUT2D eigenvalue weighted by atomic mass is 9.93. The Labute approximate surface area is 239 Å². The summed E-state index contributed by atoms with van der Waals surface area (Å²) < 4.78 is 38.9. The van der Waals surface area contributed by atoms with Crippen molar-refractivity contribution in [2.24, 2.45) is 0 Å². The number of nitrogens with zero attached hydrogens (tertiary/aromatic N) is 1. The van der Waals surface area contributed by atoms with Gasteiger partial charge in [-0.3, -0.25) is 34.2 Å². The van der Waals surface area contributed by atoms with E-state index in [1.54, 1.807) is 45.0 Å². The Kier molecular flexibility index (Phi) is 9.59. The molecule has 1 unspecified atom stereocenters. The Morgan fingerprint density at radius 1 is 1.15 bits per heavy atom. The molecule has 0 saturated carbocycles. The highest BCUT2D eigenvalue weighted by atomic mass is 35.5. The van der Waals surface area contributed by atoms with Gasteiger partial charge in [0.05, 0.1) is 22.5 Å². The van der Waals surface area contributed by atoms with E-state index < -0.39 is 52.0 Å². The van der Waals surface area contributed by atoms with Crippen LogP contribution in [0.2, 0.25) is 5.02 Å². The molecule has 1 heterocycles. The number of hydrogen-bond acceptors (Lipinski definition) is 6. The number of benzene rings is 2. The second kappa shape index (κ2) is 12.5. The lowest BCUT2D eigenvalue weighted by Gasteiger charge is -2.28. The van der Waals surface area contributed by atoms with Crippen LogP contribution in [-0.4, -0.2) is 41.0 Å². The number of piperidine rings is 1. The number of nitrogens with one attached hydrogen (secondary N) is 3. The summed E-state index contributed by atoms with van der Waals surface area (Å²) in [6.07, 6.45) is -3.36. The summed E-state index contributed by atoms with van der Waals surface area (Å²) >= 11 is 5.76. The molecule has 2 aromatic carbocycles. The minimum Gasteiger partial charge on any atom is -0.359 e. The normalized spacial score (nSPS) is 16.1. The van der Waals surface area contributed by atoms with Gasteiger partial charge in [0.1, 0.15) is 6.04 Å². The minimum atomic E-state index is -4.60. The van der Waals surface area contributed by atoms with E-state index in [1.807, 2.05) is 0 Å². The molecule has 1 atom stereocenters. The number of rotatable bonds is 9. The van der Waals surface area contributed by atoms with E-state index >= 15 is 0 Å². The number of hydrogen-bond donors (Lipinski definition) is 3. The highest BCUT2D eigenvalue weighted by Gasteiger charge is 2.34. The molecule has 13 heteroatoms. The van der Waals surface area contributed by atoms with Crippen molar-refractivity contribution in [3.05, 3.63) is 76.0 Å². The van der Waals surface area contributed by atoms with Crippen LogP contribution in [-0.2, 0) is 42.1 Å². The molecule has 41 heavy (non-hydrogen) atoms. The molecule has 2 aromatic rings. The van der Waals surface area contributed by atoms with Gasteiger partial charge in [-0.1, -0.05) is 29.8 Å². The summed E-state index contributed by atoms with van der Waals surface area (Å²) in [5.74, 6) is -2.38. The average Bonchev–Trinajstić information content (AvgIpc) is 2.84. The fourth-order valence-electron chi connectivity index (χ4n) is 4.28. The maximum absolute atomic E-state index is 13.0. The minimum absolute atomic E-state index is 0.00612. The molecular formula is C28H28ClF3N4O5. The van der Waals surface area contributed by atoms with Gasteiger partial charge in [-0.15, -0.1) is 0 Å². The standard InChI is InChI=1S/C28H28ClF3N4O5/c1-16(11-25(40)36(15-37)22-9-10-23(38)34-26(22)41)33-19-6-4-5-18(14-19)27(2,3)35-24(39)13-17-7-8-20(21(29)12-17)28(30,31)32/h4-8,11-12,14-15,22,33H,9-10,13H2,1-3H3,(H,35,39)(H,34,38,41)/b16-11+. The first-order valence-corrected chi connectivity index (χ1v) is 12.8. The predicted molar refractivity (Wildman–Crippen MR) is 144 cm³/mol. The summed E-state index contributed by atoms with van der Waals surface area (Å²) in [5, 5.41) is 7.50. The number of allylic oxidation sites excluding steroid dienone is 1. The van der Waals surface area contributed by atoms with E-state index in [2.05, 4.69) is 16.0 Å². The first-order valence-electron chi connectivity index (χ1n) is 12.4. The van der Waals surface area contributed by atoms with Crippen molar-refractivity contribution in [3.8, 4) is 0 Å². The zero-order valence-electron chi connectivity index (χ0n) is 22.4. The molecule has 1 aliphatic heterocycles. The van der Waals surface area contributed by atoms with Crippen LogP contribution in [0.1, 0.15) is 50.3 Å². The Bertz CT molecular complexity index is 1410. The fraction of sp³-hybridized carbons (Fsp3) is 0.321. The zero-order valence-corrected chi connectivity index (χ0v) is 23.2. The van der Waals surface area contributed by atoms with Crippen molar-refractivity contribution < 1.29 is 37.1 Å². The topological polar surface area (TPSA) is 125 Å². The lowest BCUT2D eigenvalue weighted by molar-refractivity contribution is -0.148. The molecule has 1 saturated heterocycles. The zero-order chi connectivity index (χ0) is 30.5. The number of anilines is 1. The van der Waals surface area contributed by atoms with Crippen LogP contribution in [0.25, 0.3) is 0 Å². The van der Waals surface area contributed by atoms with E-state index in [9.17, 15) is 37.1 Å². The summed E-state index contributed by atoms with van der Waals surface area (Å²) in [4.78, 5) is 61.1. The summed E-state index contributed by atoms with van der Waals surface area (Å²) in [6.45, 7) is 5.08. The Balaban J connectivity index is 1.67. The highest BCUT2D eigenvalue weighted by Crippen LogP contribution is 2.35. The quantitative estimate of drug-likeness (QED) is 0.229. The number of carbonyl (C=O) groups is 5. The molecule has 1 fully saturated rings. The van der Waals surface area contributed by atoms with E-state index in [1.165, 1.54) is 6.07 Å². The molecule has 0 bridgehead atoms. The highest BCUT2D eigenvalue weighted by molar-refractivity contribution is 6.31. The second-order valence-electron chi connectivity index (χ2n) is 10.0. The molecule has 0 radical (unpaired) electrons. The van der Waals surface area contributed by atoms with Gasteiger partial charge >= 0.3 is 6.18 Å². The Morgan fingerprint density at radius 3 is 2.46 bits per heavy atom. The molecule has 0 aromatic heterocycles. The van der Waals surface area contributed by atoms with Crippen LogP contribution in [0, 0.1) is 0 Å². The molecule has 0 spiro atoms. The van der Waals surface area contributed by atoms with Crippen LogP contribution in [0.5, 0.6) is 0 Å². The first kappa shape index (κ1) is 31.3. The Hall–Kier alpha value is -4.19. The van der Waals surface area contributed by atoms with E-state index in [4.69, 9.17) is 11.6 Å². The summed E-state index contributed by atoms with van der Waals surface area (Å²) in [7, 11) is 0. The monoisotopic (exact) mass is 592 g/mol. The summed E-state index contributed by atoms with van der Waals surface area (Å²) in [6, 6.07) is 9.00. The third-order valence-electron chi connectivity index (χ3n) is 6.34. The number of alkyl halides is 3. The maximum Gasteiger partial charge on any atom is 0.417 e.